The van der Waals surface area contributed by atoms with E-state index in [0.717, 1.165) is 36.7 Å². The highest BCUT2D eigenvalue weighted by atomic mass is 35.5. The zero-order valence-corrected chi connectivity index (χ0v) is 15.1. The molecule has 0 bridgehead atoms. The number of hydrogen-bond donors (Lipinski definition) is 2. The van der Waals surface area contributed by atoms with Gasteiger partial charge in [0.1, 0.15) is 10.9 Å². The number of nitrogens with one attached hydrogen (secondary N) is 2. The van der Waals surface area contributed by atoms with Crippen LogP contribution in [0.25, 0.3) is 0 Å². The fourth-order valence-corrected chi connectivity index (χ4v) is 3.14. The fourth-order valence-electron chi connectivity index (χ4n) is 3.03. The molecule has 1 fully saturated rings. The van der Waals surface area contributed by atoms with Crippen LogP contribution in [-0.2, 0) is 12.8 Å². The Labute approximate surface area is 153 Å². The van der Waals surface area contributed by atoms with Gasteiger partial charge in [-0.1, -0.05) is 30.5 Å². The lowest BCUT2D eigenvalue weighted by Gasteiger charge is -2.17. The first-order valence-electron chi connectivity index (χ1n) is 8.97. The Morgan fingerprint density at radius 2 is 2.12 bits per heavy atom. The van der Waals surface area contributed by atoms with Crippen molar-refractivity contribution in [2.75, 3.05) is 13.1 Å². The molecule has 0 aliphatic heterocycles. The lowest BCUT2D eigenvalue weighted by atomic mass is 10.2. The average molecular weight is 361 g/mol. The standard InChI is InChI=1S/C19H25ClN4O/c20-18-8-7-15(14-23-18)9-11-21-19(24-16-4-1-2-5-16)22-12-10-17-6-3-13-25-17/h3,6-8,13-14,16H,1-2,4-5,9-12H2,(H2,21,22,24). The maximum Gasteiger partial charge on any atom is 0.191 e. The van der Waals surface area contributed by atoms with Crippen LogP contribution in [0.1, 0.15) is 37.0 Å². The normalized spacial score (nSPS) is 15.5. The average Bonchev–Trinajstić information content (AvgIpc) is 3.30. The highest BCUT2D eigenvalue weighted by molar-refractivity contribution is 6.29. The largest absolute Gasteiger partial charge is 0.469 e. The van der Waals surface area contributed by atoms with Crippen LogP contribution < -0.4 is 10.6 Å². The third kappa shape index (κ3) is 6.09. The first-order valence-corrected chi connectivity index (χ1v) is 9.35. The number of rotatable bonds is 7. The summed E-state index contributed by atoms with van der Waals surface area (Å²) in [5, 5.41) is 7.53. The van der Waals surface area contributed by atoms with Crippen molar-refractivity contribution in [2.45, 2.75) is 44.6 Å². The molecule has 6 heteroatoms. The third-order valence-electron chi connectivity index (χ3n) is 4.40. The van der Waals surface area contributed by atoms with E-state index in [4.69, 9.17) is 21.0 Å². The lowest BCUT2D eigenvalue weighted by Crippen LogP contribution is -2.43. The molecule has 0 aromatic carbocycles. The van der Waals surface area contributed by atoms with Crippen molar-refractivity contribution in [1.82, 2.24) is 15.6 Å². The van der Waals surface area contributed by atoms with E-state index in [0.29, 0.717) is 17.7 Å². The third-order valence-corrected chi connectivity index (χ3v) is 4.62. The molecule has 3 rings (SSSR count). The Hall–Kier alpha value is -2.01. The van der Waals surface area contributed by atoms with Crippen LogP contribution >= 0.6 is 11.6 Å². The molecule has 1 saturated carbocycles. The van der Waals surface area contributed by atoms with Gasteiger partial charge in [-0.2, -0.15) is 0 Å². The van der Waals surface area contributed by atoms with E-state index in [2.05, 4.69) is 15.6 Å². The van der Waals surface area contributed by atoms with Gasteiger partial charge in [-0.25, -0.2) is 4.98 Å². The van der Waals surface area contributed by atoms with Crippen molar-refractivity contribution in [3.63, 3.8) is 0 Å². The Balaban J connectivity index is 1.50. The number of aromatic nitrogens is 1. The smallest absolute Gasteiger partial charge is 0.191 e. The van der Waals surface area contributed by atoms with Gasteiger partial charge in [0.05, 0.1) is 6.26 Å². The second kappa shape index (κ2) is 9.47. The van der Waals surface area contributed by atoms with E-state index < -0.39 is 0 Å². The van der Waals surface area contributed by atoms with Crippen LogP contribution in [0, 0.1) is 0 Å². The summed E-state index contributed by atoms with van der Waals surface area (Å²) in [5.41, 5.74) is 1.16. The monoisotopic (exact) mass is 360 g/mol. The van der Waals surface area contributed by atoms with Crippen LogP contribution in [0.5, 0.6) is 0 Å². The molecule has 2 N–H and O–H groups in total. The van der Waals surface area contributed by atoms with Gasteiger partial charge in [0.2, 0.25) is 0 Å². The molecule has 0 unspecified atom stereocenters. The molecule has 1 aliphatic rings. The molecule has 2 heterocycles. The summed E-state index contributed by atoms with van der Waals surface area (Å²) in [5.74, 6) is 1.86. The van der Waals surface area contributed by atoms with Gasteiger partial charge in [0.25, 0.3) is 0 Å². The van der Waals surface area contributed by atoms with E-state index in [1.165, 1.54) is 25.7 Å². The van der Waals surface area contributed by atoms with Gasteiger partial charge >= 0.3 is 0 Å². The molecular weight excluding hydrogens is 336 g/mol. The number of hydrogen-bond acceptors (Lipinski definition) is 3. The van der Waals surface area contributed by atoms with Crippen LogP contribution in [0.15, 0.2) is 46.1 Å². The Bertz CT molecular complexity index is 649. The Morgan fingerprint density at radius 1 is 1.24 bits per heavy atom. The zero-order valence-electron chi connectivity index (χ0n) is 14.4. The minimum Gasteiger partial charge on any atom is -0.469 e. The number of halogens is 1. The predicted octanol–water partition coefficient (Wildman–Crippen LogP) is 3.59. The minimum atomic E-state index is 0.528. The van der Waals surface area contributed by atoms with E-state index >= 15 is 0 Å². The molecule has 2 aromatic heterocycles. The van der Waals surface area contributed by atoms with Gasteiger partial charge in [-0.3, -0.25) is 4.99 Å². The predicted molar refractivity (Wildman–Crippen MR) is 101 cm³/mol. The number of nitrogens with zero attached hydrogens (tertiary/aromatic N) is 2. The topological polar surface area (TPSA) is 62.5 Å². The van der Waals surface area contributed by atoms with Crippen LogP contribution in [0.4, 0.5) is 0 Å². The van der Waals surface area contributed by atoms with Gasteiger partial charge in [-0.15, -0.1) is 0 Å². The summed E-state index contributed by atoms with van der Waals surface area (Å²) < 4.78 is 5.37. The molecule has 0 amide bonds. The first-order chi connectivity index (χ1) is 12.3. The molecule has 0 radical (unpaired) electrons. The van der Waals surface area contributed by atoms with Crippen molar-refractivity contribution in [3.8, 4) is 0 Å². The maximum absolute atomic E-state index is 5.83. The molecule has 0 atom stereocenters. The summed E-state index contributed by atoms with van der Waals surface area (Å²) >= 11 is 5.83. The van der Waals surface area contributed by atoms with Crippen molar-refractivity contribution >= 4 is 17.6 Å². The van der Waals surface area contributed by atoms with Crippen molar-refractivity contribution < 1.29 is 4.42 Å². The second-order valence-corrected chi connectivity index (χ2v) is 6.74. The number of guanidine groups is 1. The van der Waals surface area contributed by atoms with Crippen LogP contribution in [-0.4, -0.2) is 30.1 Å². The van der Waals surface area contributed by atoms with Crippen molar-refractivity contribution in [2.24, 2.45) is 4.99 Å². The SMILES string of the molecule is Clc1ccc(CCNC(=NCCc2ccco2)NC2CCCC2)cn1. The van der Waals surface area contributed by atoms with Gasteiger partial charge < -0.3 is 15.1 Å². The molecule has 0 saturated heterocycles. The maximum atomic E-state index is 5.83. The second-order valence-electron chi connectivity index (χ2n) is 6.35. The van der Waals surface area contributed by atoms with Crippen LogP contribution in [0.2, 0.25) is 5.15 Å². The minimum absolute atomic E-state index is 0.528. The van der Waals surface area contributed by atoms with E-state index in [-0.39, 0.29) is 0 Å². The van der Waals surface area contributed by atoms with Gasteiger partial charge in [0, 0.05) is 31.7 Å². The Morgan fingerprint density at radius 3 is 2.84 bits per heavy atom. The highest BCUT2D eigenvalue weighted by Crippen LogP contribution is 2.17. The molecule has 134 valence electrons. The molecule has 25 heavy (non-hydrogen) atoms. The molecule has 5 nitrogen and oxygen atoms in total. The number of aliphatic imine (C=N–C) groups is 1. The van der Waals surface area contributed by atoms with Crippen molar-refractivity contribution in [1.29, 1.82) is 0 Å². The lowest BCUT2D eigenvalue weighted by molar-refractivity contribution is 0.510. The highest BCUT2D eigenvalue weighted by Gasteiger charge is 2.16. The van der Waals surface area contributed by atoms with E-state index in [9.17, 15) is 0 Å². The van der Waals surface area contributed by atoms with Crippen LogP contribution in [0.3, 0.4) is 0 Å². The van der Waals surface area contributed by atoms with Gasteiger partial charge in [-0.05, 0) is 43.0 Å². The summed E-state index contributed by atoms with van der Waals surface area (Å²) in [6.45, 7) is 1.51. The quantitative estimate of drug-likeness (QED) is 0.450. The molecule has 1 aliphatic carbocycles. The summed E-state index contributed by atoms with van der Waals surface area (Å²) in [6.07, 6.45) is 10.3. The Kier molecular flexibility index (Phi) is 6.74. The summed E-state index contributed by atoms with van der Waals surface area (Å²) in [4.78, 5) is 8.82. The first kappa shape index (κ1) is 17.8. The van der Waals surface area contributed by atoms with E-state index in [1.807, 2.05) is 30.5 Å². The zero-order chi connectivity index (χ0) is 17.3. The molecular formula is C19H25ClN4O. The molecule has 0 spiro atoms. The summed E-state index contributed by atoms with van der Waals surface area (Å²) in [6, 6.07) is 8.27. The number of pyridine rings is 1. The fraction of sp³-hybridized carbons (Fsp3) is 0.474. The van der Waals surface area contributed by atoms with Crippen molar-refractivity contribution in [3.05, 3.63) is 53.2 Å². The van der Waals surface area contributed by atoms with Gasteiger partial charge in [0.15, 0.2) is 5.96 Å². The molecule has 2 aromatic rings. The number of furan rings is 1. The summed E-state index contributed by atoms with van der Waals surface area (Å²) in [7, 11) is 0. The van der Waals surface area contributed by atoms with E-state index in [1.54, 1.807) is 6.26 Å².